The third-order valence-electron chi connectivity index (χ3n) is 7.95. The molecule has 10 heteroatoms. The minimum atomic E-state index is -0.429. The van der Waals surface area contributed by atoms with Crippen molar-refractivity contribution >= 4 is 39.9 Å². The number of benzene rings is 1. The molecule has 9 nitrogen and oxygen atoms in total. The Morgan fingerprint density at radius 2 is 2.00 bits per heavy atom. The fourth-order valence-corrected chi connectivity index (χ4v) is 5.52. The largest absolute Gasteiger partial charge is 0.381 e. The molecule has 1 saturated carbocycles. The zero-order valence-corrected chi connectivity index (χ0v) is 22.7. The number of rotatable bonds is 8. The Labute approximate surface area is 232 Å². The minimum Gasteiger partial charge on any atom is -0.381 e. The van der Waals surface area contributed by atoms with E-state index in [4.69, 9.17) is 4.74 Å². The van der Waals surface area contributed by atoms with E-state index in [1.165, 1.54) is 6.07 Å². The van der Waals surface area contributed by atoms with Crippen LogP contribution in [0, 0.1) is 17.7 Å². The van der Waals surface area contributed by atoms with Crippen molar-refractivity contribution in [2.75, 3.05) is 63.1 Å². The van der Waals surface area contributed by atoms with E-state index in [-0.39, 0.29) is 23.7 Å². The van der Waals surface area contributed by atoms with E-state index in [9.17, 15) is 14.0 Å². The molecule has 1 aromatic carbocycles. The summed E-state index contributed by atoms with van der Waals surface area (Å²) < 4.78 is 20.3. The molecule has 40 heavy (non-hydrogen) atoms. The minimum absolute atomic E-state index is 0.0114. The number of carbonyl (C=O) groups is 2. The average molecular weight is 547 g/mol. The lowest BCUT2D eigenvalue weighted by molar-refractivity contribution is -0.117. The van der Waals surface area contributed by atoms with Crippen LogP contribution in [0.4, 0.5) is 15.9 Å². The SMILES string of the molecule is CC1CN(C(=O)c2ccc(NCCN3CCOCC3)c(F)c2)CC=C1c1cc(NC(=O)C2CC2)nc2[nH]ccc12. The molecule has 1 unspecified atom stereocenters. The highest BCUT2D eigenvalue weighted by molar-refractivity contribution is 5.98. The van der Waals surface area contributed by atoms with E-state index >= 15 is 0 Å². The van der Waals surface area contributed by atoms with Crippen molar-refractivity contribution < 1.29 is 18.7 Å². The van der Waals surface area contributed by atoms with E-state index in [2.05, 4.69) is 38.5 Å². The molecule has 0 spiro atoms. The maximum atomic E-state index is 14.9. The fraction of sp³-hybridized carbons (Fsp3) is 0.433. The summed E-state index contributed by atoms with van der Waals surface area (Å²) in [5, 5.41) is 7.08. The highest BCUT2D eigenvalue weighted by Crippen LogP contribution is 2.35. The van der Waals surface area contributed by atoms with Crippen molar-refractivity contribution in [1.29, 1.82) is 0 Å². The second kappa shape index (κ2) is 11.4. The van der Waals surface area contributed by atoms with Crippen LogP contribution in [0.2, 0.25) is 0 Å². The molecule has 3 aromatic rings. The highest BCUT2D eigenvalue weighted by atomic mass is 19.1. The Kier molecular flexibility index (Phi) is 7.53. The van der Waals surface area contributed by atoms with E-state index in [1.54, 1.807) is 17.0 Å². The number of aromatic amines is 1. The van der Waals surface area contributed by atoms with Crippen molar-refractivity contribution in [1.82, 2.24) is 19.8 Å². The Bertz CT molecular complexity index is 1440. The van der Waals surface area contributed by atoms with Gasteiger partial charge in [0.25, 0.3) is 5.91 Å². The Morgan fingerprint density at radius 1 is 1.18 bits per heavy atom. The molecule has 0 bridgehead atoms. The molecule has 1 aliphatic carbocycles. The quantitative estimate of drug-likeness (QED) is 0.395. The van der Waals surface area contributed by atoms with Crippen LogP contribution in [0.15, 0.2) is 42.6 Å². The molecule has 0 radical (unpaired) electrons. The molecule has 2 fully saturated rings. The van der Waals surface area contributed by atoms with Gasteiger partial charge in [-0.1, -0.05) is 13.0 Å². The number of carbonyl (C=O) groups excluding carboxylic acids is 2. The predicted octanol–water partition coefficient (Wildman–Crippen LogP) is 3.97. The van der Waals surface area contributed by atoms with Gasteiger partial charge in [-0.3, -0.25) is 14.5 Å². The van der Waals surface area contributed by atoms with Gasteiger partial charge in [0.2, 0.25) is 5.91 Å². The van der Waals surface area contributed by atoms with Gasteiger partial charge in [0.05, 0.1) is 18.9 Å². The van der Waals surface area contributed by atoms with Gasteiger partial charge in [-0.15, -0.1) is 0 Å². The third kappa shape index (κ3) is 5.73. The summed E-state index contributed by atoms with van der Waals surface area (Å²) >= 11 is 0. The van der Waals surface area contributed by atoms with Crippen molar-refractivity contribution in [3.63, 3.8) is 0 Å². The summed E-state index contributed by atoms with van der Waals surface area (Å²) in [6, 6.07) is 8.57. The van der Waals surface area contributed by atoms with Crippen molar-refractivity contribution in [2.45, 2.75) is 19.8 Å². The van der Waals surface area contributed by atoms with Crippen LogP contribution in [0.3, 0.4) is 0 Å². The molecule has 1 atom stereocenters. The van der Waals surface area contributed by atoms with Crippen LogP contribution in [-0.4, -0.2) is 84.1 Å². The van der Waals surface area contributed by atoms with Gasteiger partial charge < -0.3 is 25.3 Å². The zero-order chi connectivity index (χ0) is 27.6. The van der Waals surface area contributed by atoms with Gasteiger partial charge in [0.1, 0.15) is 17.3 Å². The first kappa shape index (κ1) is 26.5. The van der Waals surface area contributed by atoms with Crippen LogP contribution in [0.25, 0.3) is 16.6 Å². The number of pyridine rings is 1. The zero-order valence-electron chi connectivity index (χ0n) is 22.7. The van der Waals surface area contributed by atoms with Crippen LogP contribution in [-0.2, 0) is 9.53 Å². The molecule has 2 aromatic heterocycles. The molecule has 210 valence electrons. The maximum Gasteiger partial charge on any atom is 0.254 e. The van der Waals surface area contributed by atoms with Crippen LogP contribution in [0.5, 0.6) is 0 Å². The second-order valence-electron chi connectivity index (χ2n) is 10.9. The first-order valence-corrected chi connectivity index (χ1v) is 14.1. The smallest absolute Gasteiger partial charge is 0.254 e. The molecule has 2 amide bonds. The van der Waals surface area contributed by atoms with E-state index in [0.29, 0.717) is 42.4 Å². The summed E-state index contributed by atoms with van der Waals surface area (Å²) in [7, 11) is 0. The first-order valence-electron chi connectivity index (χ1n) is 14.1. The van der Waals surface area contributed by atoms with Gasteiger partial charge in [-0.05, 0) is 60.2 Å². The lowest BCUT2D eigenvalue weighted by Crippen LogP contribution is -2.39. The van der Waals surface area contributed by atoms with E-state index in [1.807, 2.05) is 18.3 Å². The standard InChI is InChI=1S/C30H35FN6O3/c1-19-18-37(30(39)21-4-5-26(25(31)16-21)32-9-11-36-12-14-40-15-13-36)10-7-22(19)24-17-27(35-29(38)20-2-3-20)34-28-23(24)6-8-33-28/h4-8,16-17,19-20,32H,2-3,9-15,18H2,1H3,(H2,33,34,35,38). The molecule has 2 aliphatic heterocycles. The molecule has 1 saturated heterocycles. The number of aromatic nitrogens is 2. The fourth-order valence-electron chi connectivity index (χ4n) is 5.52. The summed E-state index contributed by atoms with van der Waals surface area (Å²) in [5.41, 5.74) is 3.54. The van der Waals surface area contributed by atoms with Gasteiger partial charge in [0.15, 0.2) is 0 Å². The highest BCUT2D eigenvalue weighted by Gasteiger charge is 2.31. The topological polar surface area (TPSA) is 103 Å². The van der Waals surface area contributed by atoms with Crippen molar-refractivity contribution in [3.8, 4) is 0 Å². The number of anilines is 2. The van der Waals surface area contributed by atoms with E-state index in [0.717, 1.165) is 62.2 Å². The molecular weight excluding hydrogens is 511 g/mol. The second-order valence-corrected chi connectivity index (χ2v) is 10.9. The number of nitrogens with zero attached hydrogens (tertiary/aromatic N) is 3. The van der Waals surface area contributed by atoms with Crippen molar-refractivity contribution in [3.05, 3.63) is 59.5 Å². The Hall–Kier alpha value is -3.76. The van der Waals surface area contributed by atoms with Gasteiger partial charge >= 0.3 is 0 Å². The molecule has 3 aliphatic rings. The summed E-state index contributed by atoms with van der Waals surface area (Å²) in [4.78, 5) is 37.4. The molecular formula is C30H35FN6O3. The summed E-state index contributed by atoms with van der Waals surface area (Å²) in [6.45, 7) is 7.66. The molecule has 3 N–H and O–H groups in total. The number of H-pyrrole nitrogens is 1. The van der Waals surface area contributed by atoms with Crippen LogP contribution in [0.1, 0.15) is 35.7 Å². The Morgan fingerprint density at radius 3 is 2.75 bits per heavy atom. The summed E-state index contributed by atoms with van der Waals surface area (Å²) in [6.07, 6.45) is 5.74. The summed E-state index contributed by atoms with van der Waals surface area (Å²) in [5.74, 6) is 0.0409. The number of morpholine rings is 1. The Balaban J connectivity index is 1.13. The molecule has 4 heterocycles. The van der Waals surface area contributed by atoms with E-state index < -0.39 is 5.82 Å². The first-order chi connectivity index (χ1) is 19.5. The predicted molar refractivity (Wildman–Crippen MR) is 153 cm³/mol. The van der Waals surface area contributed by atoms with Gasteiger partial charge in [-0.25, -0.2) is 9.37 Å². The maximum absolute atomic E-state index is 14.9. The van der Waals surface area contributed by atoms with Crippen LogP contribution < -0.4 is 10.6 Å². The monoisotopic (exact) mass is 546 g/mol. The normalized spacial score (nSPS) is 19.9. The number of amides is 2. The van der Waals surface area contributed by atoms with Gasteiger partial charge in [-0.2, -0.15) is 0 Å². The molecule has 6 rings (SSSR count). The number of fused-ring (bicyclic) bond motifs is 1. The van der Waals surface area contributed by atoms with Gasteiger partial charge in [0, 0.05) is 62.3 Å². The number of ether oxygens (including phenoxy) is 1. The average Bonchev–Trinajstić information content (AvgIpc) is 3.71. The number of nitrogens with one attached hydrogen (secondary N) is 3. The lowest BCUT2D eigenvalue weighted by atomic mass is 9.89. The van der Waals surface area contributed by atoms with Crippen LogP contribution >= 0.6 is 0 Å². The van der Waals surface area contributed by atoms with Crippen molar-refractivity contribution in [2.24, 2.45) is 11.8 Å². The number of halogens is 1. The number of hydrogen-bond acceptors (Lipinski definition) is 6. The number of hydrogen-bond donors (Lipinski definition) is 3. The third-order valence-corrected chi connectivity index (χ3v) is 7.95. The lowest BCUT2D eigenvalue weighted by Gasteiger charge is -2.32.